The second kappa shape index (κ2) is 8.92. The summed E-state index contributed by atoms with van der Waals surface area (Å²) in [6, 6.07) is 8.06. The standard InChI is InChI=1S/C29H36O10/c1-14-17(31)12-29(36)24(38-25(35)16-9-7-6-8-10-16)22-27(5,23(34)21(33)20(14)26(29,3)4)18(32)11-19-28(22,13-37-19)39-15(2)30/h6-10,14,17-20,22,24,31-32,36H,11-13H2,1-5H3/t14?,17-,18+,19-,20?,22?,24-,27-,28-,29-/m1/s1. The van der Waals surface area contributed by atoms with Crippen LogP contribution in [-0.2, 0) is 28.6 Å². The summed E-state index contributed by atoms with van der Waals surface area (Å²) in [5, 5.41) is 35.2. The molecule has 3 unspecified atom stereocenters. The molecule has 0 radical (unpaired) electrons. The molecule has 3 N–H and O–H groups in total. The quantitative estimate of drug-likeness (QED) is 0.373. The zero-order valence-corrected chi connectivity index (χ0v) is 22.7. The van der Waals surface area contributed by atoms with E-state index in [1.807, 2.05) is 0 Å². The van der Waals surface area contributed by atoms with E-state index in [2.05, 4.69) is 0 Å². The molecule has 3 saturated carbocycles. The van der Waals surface area contributed by atoms with Gasteiger partial charge in [0.25, 0.3) is 0 Å². The fraction of sp³-hybridized carbons (Fsp3) is 0.655. The van der Waals surface area contributed by atoms with Crippen molar-refractivity contribution in [2.24, 2.45) is 28.6 Å². The number of Topliss-reactive ketones (excluding diaryl/α,β-unsaturated/α-hetero) is 2. The van der Waals surface area contributed by atoms with Gasteiger partial charge in [0.05, 0.1) is 35.7 Å². The van der Waals surface area contributed by atoms with E-state index < -0.39 is 87.7 Å². The molecule has 0 spiro atoms. The molecule has 10 atom stereocenters. The number of ether oxygens (including phenoxy) is 3. The van der Waals surface area contributed by atoms with Crippen molar-refractivity contribution < 1.29 is 48.7 Å². The highest BCUT2D eigenvalue weighted by atomic mass is 16.6. The zero-order chi connectivity index (χ0) is 28.7. The van der Waals surface area contributed by atoms with Gasteiger partial charge in [0, 0.05) is 31.1 Å². The molecule has 5 rings (SSSR count). The molecule has 10 nitrogen and oxygen atoms in total. The van der Waals surface area contributed by atoms with Crippen molar-refractivity contribution in [3.05, 3.63) is 35.9 Å². The van der Waals surface area contributed by atoms with Gasteiger partial charge in [-0.25, -0.2) is 4.79 Å². The normalized spacial score (nSPS) is 44.6. The van der Waals surface area contributed by atoms with Crippen LogP contribution < -0.4 is 0 Å². The average molecular weight is 545 g/mol. The van der Waals surface area contributed by atoms with Crippen molar-refractivity contribution >= 4 is 23.5 Å². The Hall–Kier alpha value is -2.66. The van der Waals surface area contributed by atoms with Crippen LogP contribution in [0.3, 0.4) is 0 Å². The summed E-state index contributed by atoms with van der Waals surface area (Å²) in [7, 11) is 0. The third-order valence-corrected chi connectivity index (χ3v) is 10.2. The Labute approximate surface area is 226 Å². The summed E-state index contributed by atoms with van der Waals surface area (Å²) < 4.78 is 17.7. The van der Waals surface area contributed by atoms with E-state index in [1.165, 1.54) is 26.0 Å². The molecular weight excluding hydrogens is 508 g/mol. The number of hydrogen-bond acceptors (Lipinski definition) is 10. The zero-order valence-electron chi connectivity index (χ0n) is 22.7. The van der Waals surface area contributed by atoms with Crippen LogP contribution in [0.25, 0.3) is 0 Å². The predicted molar refractivity (Wildman–Crippen MR) is 134 cm³/mol. The number of benzene rings is 1. The van der Waals surface area contributed by atoms with Gasteiger partial charge in [0.1, 0.15) is 17.8 Å². The fourth-order valence-electron chi connectivity index (χ4n) is 7.95. The number of ketones is 2. The maximum absolute atomic E-state index is 14.2. The van der Waals surface area contributed by atoms with E-state index in [0.717, 1.165) is 0 Å². The first-order valence-electron chi connectivity index (χ1n) is 13.4. The fourth-order valence-corrected chi connectivity index (χ4v) is 7.95. The maximum atomic E-state index is 14.2. The Morgan fingerprint density at radius 3 is 2.28 bits per heavy atom. The largest absolute Gasteiger partial charge is 0.455 e. The molecule has 0 amide bonds. The second-order valence-corrected chi connectivity index (χ2v) is 12.5. The van der Waals surface area contributed by atoms with Crippen molar-refractivity contribution in [3.8, 4) is 0 Å². The average Bonchev–Trinajstić information content (AvgIpc) is 2.87. The molecule has 2 bridgehead atoms. The van der Waals surface area contributed by atoms with Crippen LogP contribution >= 0.6 is 0 Å². The molecule has 4 fully saturated rings. The summed E-state index contributed by atoms with van der Waals surface area (Å²) in [5.41, 5.74) is -6.75. The van der Waals surface area contributed by atoms with Gasteiger partial charge in [-0.3, -0.25) is 14.4 Å². The number of fused-ring (bicyclic) bond motifs is 5. The number of aliphatic hydroxyl groups excluding tert-OH is 2. The third kappa shape index (κ3) is 3.61. The molecule has 1 aromatic rings. The Kier molecular flexibility index (Phi) is 6.38. The Bertz CT molecular complexity index is 1210. The minimum Gasteiger partial charge on any atom is -0.455 e. The van der Waals surface area contributed by atoms with Gasteiger partial charge < -0.3 is 29.5 Å². The van der Waals surface area contributed by atoms with Crippen molar-refractivity contribution in [1.82, 2.24) is 0 Å². The van der Waals surface area contributed by atoms with E-state index in [0.29, 0.717) is 0 Å². The lowest BCUT2D eigenvalue weighted by molar-refractivity contribution is -0.349. The van der Waals surface area contributed by atoms with Crippen molar-refractivity contribution in [1.29, 1.82) is 0 Å². The summed E-state index contributed by atoms with van der Waals surface area (Å²) in [6.45, 7) is 7.28. The maximum Gasteiger partial charge on any atom is 0.338 e. The molecule has 1 aromatic carbocycles. The minimum atomic E-state index is -2.07. The van der Waals surface area contributed by atoms with Crippen LogP contribution in [0.1, 0.15) is 57.8 Å². The molecule has 212 valence electrons. The molecular formula is C29H36O10. The van der Waals surface area contributed by atoms with Crippen molar-refractivity contribution in [3.63, 3.8) is 0 Å². The van der Waals surface area contributed by atoms with Crippen LogP contribution in [0.15, 0.2) is 30.3 Å². The summed E-state index contributed by atoms with van der Waals surface area (Å²) in [6.07, 6.45) is -5.48. The Morgan fingerprint density at radius 1 is 1.08 bits per heavy atom. The van der Waals surface area contributed by atoms with Crippen LogP contribution in [-0.4, -0.2) is 81.0 Å². The third-order valence-electron chi connectivity index (χ3n) is 10.2. The lowest BCUT2D eigenvalue weighted by Crippen LogP contribution is -2.82. The smallest absolute Gasteiger partial charge is 0.338 e. The molecule has 1 heterocycles. The first-order chi connectivity index (χ1) is 18.1. The van der Waals surface area contributed by atoms with E-state index >= 15 is 0 Å². The summed E-state index contributed by atoms with van der Waals surface area (Å²) >= 11 is 0. The van der Waals surface area contributed by atoms with Crippen LogP contribution in [0.5, 0.6) is 0 Å². The lowest BCUT2D eigenvalue weighted by atomic mass is 9.42. The lowest BCUT2D eigenvalue weighted by Gasteiger charge is -2.67. The van der Waals surface area contributed by atoms with Gasteiger partial charge in [-0.1, -0.05) is 39.0 Å². The number of carbonyl (C=O) groups excluding carboxylic acids is 4. The number of hydrogen-bond donors (Lipinski definition) is 3. The van der Waals surface area contributed by atoms with Gasteiger partial charge >= 0.3 is 11.9 Å². The highest BCUT2D eigenvalue weighted by Gasteiger charge is 2.78. The van der Waals surface area contributed by atoms with Gasteiger partial charge in [0.2, 0.25) is 11.6 Å². The molecule has 4 aliphatic rings. The molecule has 1 saturated heterocycles. The topological polar surface area (TPSA) is 157 Å². The van der Waals surface area contributed by atoms with E-state index in [1.54, 1.807) is 39.0 Å². The van der Waals surface area contributed by atoms with Crippen molar-refractivity contribution in [2.45, 2.75) is 83.1 Å². The number of carbonyl (C=O) groups is 4. The molecule has 39 heavy (non-hydrogen) atoms. The second-order valence-electron chi connectivity index (χ2n) is 12.5. The van der Waals surface area contributed by atoms with E-state index in [-0.39, 0.29) is 25.0 Å². The highest BCUT2D eigenvalue weighted by molar-refractivity contribution is 6.40. The first-order valence-corrected chi connectivity index (χ1v) is 13.4. The SMILES string of the molecule is CC(=O)O[C@]12CO[C@@H]1C[C@H](O)[C@@]1(C)C(=O)C(=O)C3C(C)[C@H](O)C[C@@](O)([C@H](OC(=O)c4ccccc4)C21)C3(C)C. The first kappa shape index (κ1) is 27.9. The minimum absolute atomic E-state index is 0.108. The predicted octanol–water partition coefficient (Wildman–Crippen LogP) is 1.23. The molecule has 1 aliphatic heterocycles. The van der Waals surface area contributed by atoms with E-state index in [4.69, 9.17) is 14.2 Å². The van der Waals surface area contributed by atoms with Crippen molar-refractivity contribution in [2.75, 3.05) is 6.61 Å². The monoisotopic (exact) mass is 544 g/mol. The number of rotatable bonds is 3. The van der Waals surface area contributed by atoms with Gasteiger partial charge in [0.15, 0.2) is 5.60 Å². The van der Waals surface area contributed by atoms with Gasteiger partial charge in [-0.05, 0) is 25.0 Å². The number of esters is 2. The van der Waals surface area contributed by atoms with Crippen LogP contribution in [0, 0.1) is 28.6 Å². The summed E-state index contributed by atoms with van der Waals surface area (Å²) in [5.74, 6) is -6.47. The molecule has 10 heteroatoms. The Balaban J connectivity index is 1.80. The highest BCUT2D eigenvalue weighted by Crippen LogP contribution is 2.64. The molecule has 3 aliphatic carbocycles. The van der Waals surface area contributed by atoms with Crippen LogP contribution in [0.4, 0.5) is 0 Å². The van der Waals surface area contributed by atoms with E-state index in [9.17, 15) is 34.5 Å². The molecule has 0 aromatic heterocycles. The van der Waals surface area contributed by atoms with Gasteiger partial charge in [-0.15, -0.1) is 0 Å². The number of aliphatic hydroxyl groups is 3. The summed E-state index contributed by atoms with van der Waals surface area (Å²) in [4.78, 5) is 54.2. The Morgan fingerprint density at radius 2 is 1.72 bits per heavy atom. The van der Waals surface area contributed by atoms with Crippen LogP contribution in [0.2, 0.25) is 0 Å². The van der Waals surface area contributed by atoms with Gasteiger partial charge in [-0.2, -0.15) is 0 Å².